The molecule has 0 heterocycles. The van der Waals surface area contributed by atoms with Crippen molar-refractivity contribution in [1.82, 2.24) is 0 Å². The highest BCUT2D eigenvalue weighted by atomic mass is 16.4. The molecule has 0 spiro atoms. The molecular formula is C16H30O8. The first-order valence-corrected chi connectivity index (χ1v) is 8.02. The van der Waals surface area contributed by atoms with Gasteiger partial charge in [-0.3, -0.25) is 9.59 Å². The first-order valence-electron chi connectivity index (χ1n) is 8.02. The van der Waals surface area contributed by atoms with E-state index in [1.807, 2.05) is 0 Å². The first-order chi connectivity index (χ1) is 10.9. The molecule has 0 saturated heterocycles. The Balaban J connectivity index is 0. The Morgan fingerprint density at radius 3 is 1.29 bits per heavy atom. The fraction of sp³-hybridized carbons (Fsp3) is 0.812. The highest BCUT2D eigenvalue weighted by Crippen LogP contribution is 2.35. The van der Waals surface area contributed by atoms with Gasteiger partial charge in [-0.2, -0.15) is 0 Å². The molecule has 142 valence electrons. The number of aliphatic hydroxyl groups is 2. The summed E-state index contributed by atoms with van der Waals surface area (Å²) in [4.78, 5) is 30.5. The van der Waals surface area contributed by atoms with Crippen LogP contribution in [-0.4, -0.2) is 55.1 Å². The van der Waals surface area contributed by atoms with Gasteiger partial charge in [-0.15, -0.1) is 0 Å². The fourth-order valence-corrected chi connectivity index (χ4v) is 2.60. The zero-order valence-corrected chi connectivity index (χ0v) is 14.8. The number of aliphatic hydroxyl groups excluding tert-OH is 1. The minimum atomic E-state index is -2.74. The number of carboxylic acids is 3. The van der Waals surface area contributed by atoms with Crippen LogP contribution < -0.4 is 0 Å². The number of rotatable bonds is 10. The van der Waals surface area contributed by atoms with Gasteiger partial charge in [0.1, 0.15) is 0 Å². The molecule has 5 N–H and O–H groups in total. The van der Waals surface area contributed by atoms with Gasteiger partial charge in [-0.05, 0) is 31.1 Å². The van der Waals surface area contributed by atoms with E-state index >= 15 is 0 Å². The predicted molar refractivity (Wildman–Crippen MR) is 86.7 cm³/mol. The second-order valence-electron chi connectivity index (χ2n) is 5.82. The normalized spacial score (nSPS) is 12.8. The molecule has 0 radical (unpaired) electrons. The molecule has 8 nitrogen and oxygen atoms in total. The Kier molecular flexibility index (Phi) is 11.3. The summed E-state index contributed by atoms with van der Waals surface area (Å²) < 4.78 is 0. The Bertz CT molecular complexity index is 390. The maximum absolute atomic E-state index is 10.3. The van der Waals surface area contributed by atoms with E-state index < -0.39 is 36.4 Å². The molecule has 24 heavy (non-hydrogen) atoms. The summed E-state index contributed by atoms with van der Waals surface area (Å²) in [6.45, 7) is 8.57. The lowest BCUT2D eigenvalue weighted by molar-refractivity contribution is -0.170. The van der Waals surface area contributed by atoms with Gasteiger partial charge < -0.3 is 25.5 Å². The Morgan fingerprint density at radius 1 is 0.833 bits per heavy atom. The predicted octanol–water partition coefficient (Wildman–Crippen LogP) is 1.73. The van der Waals surface area contributed by atoms with Crippen molar-refractivity contribution in [2.24, 2.45) is 5.41 Å². The Morgan fingerprint density at radius 2 is 1.17 bits per heavy atom. The van der Waals surface area contributed by atoms with Crippen molar-refractivity contribution < 1.29 is 39.9 Å². The van der Waals surface area contributed by atoms with E-state index in [0.717, 1.165) is 25.7 Å². The van der Waals surface area contributed by atoms with E-state index in [2.05, 4.69) is 27.7 Å². The quantitative estimate of drug-likeness (QED) is 0.399. The highest BCUT2D eigenvalue weighted by Gasteiger charge is 2.40. The van der Waals surface area contributed by atoms with E-state index in [0.29, 0.717) is 0 Å². The third kappa shape index (κ3) is 7.74. The molecule has 0 fully saturated rings. The van der Waals surface area contributed by atoms with Crippen molar-refractivity contribution in [2.75, 3.05) is 0 Å². The minimum absolute atomic E-state index is 0.109. The lowest BCUT2D eigenvalue weighted by Crippen LogP contribution is -2.42. The number of carbonyl (C=O) groups is 3. The van der Waals surface area contributed by atoms with E-state index in [4.69, 9.17) is 20.4 Å². The smallest absolute Gasteiger partial charge is 0.336 e. The molecular weight excluding hydrogens is 320 g/mol. The summed E-state index contributed by atoms with van der Waals surface area (Å²) in [7, 11) is 0. The van der Waals surface area contributed by atoms with E-state index in [1.54, 1.807) is 0 Å². The summed E-state index contributed by atoms with van der Waals surface area (Å²) in [5.41, 5.74) is -2.55. The van der Waals surface area contributed by atoms with Crippen LogP contribution in [0.4, 0.5) is 0 Å². The molecule has 0 aromatic rings. The second-order valence-corrected chi connectivity index (χ2v) is 5.82. The van der Waals surface area contributed by atoms with Crippen LogP contribution in [0.5, 0.6) is 0 Å². The van der Waals surface area contributed by atoms with Gasteiger partial charge in [-0.1, -0.05) is 27.7 Å². The lowest BCUT2D eigenvalue weighted by atomic mass is 9.74. The molecule has 0 aromatic heterocycles. The lowest BCUT2D eigenvalue weighted by Gasteiger charge is -2.35. The van der Waals surface area contributed by atoms with Gasteiger partial charge >= 0.3 is 17.9 Å². The van der Waals surface area contributed by atoms with Gasteiger partial charge in [0, 0.05) is 0 Å². The first kappa shape index (κ1) is 24.6. The molecule has 0 amide bonds. The van der Waals surface area contributed by atoms with Crippen LogP contribution in [0.2, 0.25) is 0 Å². The van der Waals surface area contributed by atoms with Crippen LogP contribution in [0.25, 0.3) is 0 Å². The zero-order valence-electron chi connectivity index (χ0n) is 14.8. The van der Waals surface area contributed by atoms with Crippen molar-refractivity contribution in [3.8, 4) is 0 Å². The number of hydrogen-bond acceptors (Lipinski definition) is 5. The summed E-state index contributed by atoms with van der Waals surface area (Å²) in [6.07, 6.45) is 1.76. The minimum Gasteiger partial charge on any atom is -0.481 e. The molecule has 1 atom stereocenters. The molecule has 1 unspecified atom stereocenters. The molecule has 0 aliphatic carbocycles. The van der Waals surface area contributed by atoms with Crippen LogP contribution in [-0.2, 0) is 14.4 Å². The largest absolute Gasteiger partial charge is 0.481 e. The van der Waals surface area contributed by atoms with Gasteiger partial charge in [0.15, 0.2) is 5.60 Å². The van der Waals surface area contributed by atoms with Crippen LogP contribution in [0.15, 0.2) is 0 Å². The molecule has 0 aliphatic rings. The average Bonchev–Trinajstić information content (AvgIpc) is 2.48. The summed E-state index contributed by atoms with van der Waals surface area (Å²) >= 11 is 0. The van der Waals surface area contributed by atoms with Gasteiger partial charge in [0.2, 0.25) is 0 Å². The third-order valence-electron chi connectivity index (χ3n) is 4.49. The van der Waals surface area contributed by atoms with E-state index in [1.165, 1.54) is 0 Å². The van der Waals surface area contributed by atoms with Gasteiger partial charge in [0.25, 0.3) is 0 Å². The molecule has 0 rings (SSSR count). The molecule has 0 bridgehead atoms. The third-order valence-corrected chi connectivity index (χ3v) is 4.49. The van der Waals surface area contributed by atoms with Gasteiger partial charge in [0.05, 0.1) is 18.9 Å². The molecule has 0 aromatic carbocycles. The van der Waals surface area contributed by atoms with E-state index in [-0.39, 0.29) is 11.5 Å². The fourth-order valence-electron chi connectivity index (χ4n) is 2.60. The maximum atomic E-state index is 10.3. The van der Waals surface area contributed by atoms with E-state index in [9.17, 15) is 19.5 Å². The standard InChI is InChI=1S/C10H22O.C6H8O7/c1-5-9(11)10(6-2,7-3)8-4;7-3(8)1-6(13,5(11)12)2-4(9)10/h9,11H,5-8H2,1-4H3;13H,1-2H2,(H,7,8)(H,9,10)(H,11,12). The van der Waals surface area contributed by atoms with Crippen LogP contribution in [0.1, 0.15) is 66.2 Å². The second kappa shape index (κ2) is 11.0. The van der Waals surface area contributed by atoms with Crippen molar-refractivity contribution in [3.05, 3.63) is 0 Å². The summed E-state index contributed by atoms with van der Waals surface area (Å²) in [5, 5.41) is 43.6. The number of hydrogen-bond donors (Lipinski definition) is 5. The Hall–Kier alpha value is -1.67. The maximum Gasteiger partial charge on any atom is 0.336 e. The van der Waals surface area contributed by atoms with Crippen LogP contribution in [0, 0.1) is 5.41 Å². The zero-order chi connectivity index (χ0) is 19.6. The summed E-state index contributed by atoms with van der Waals surface area (Å²) in [5.74, 6) is -5.02. The number of carboxylic acid groups (broad SMARTS) is 3. The van der Waals surface area contributed by atoms with Crippen LogP contribution in [0.3, 0.4) is 0 Å². The van der Waals surface area contributed by atoms with Crippen molar-refractivity contribution in [1.29, 1.82) is 0 Å². The van der Waals surface area contributed by atoms with Crippen molar-refractivity contribution in [3.63, 3.8) is 0 Å². The van der Waals surface area contributed by atoms with Crippen molar-refractivity contribution in [2.45, 2.75) is 77.9 Å². The SMILES string of the molecule is CCC(O)C(CC)(CC)CC.O=C(O)CC(O)(CC(=O)O)C(=O)O. The topological polar surface area (TPSA) is 152 Å². The monoisotopic (exact) mass is 350 g/mol. The highest BCUT2D eigenvalue weighted by molar-refractivity contribution is 5.88. The molecule has 0 saturated carbocycles. The molecule has 0 aliphatic heterocycles. The average molecular weight is 350 g/mol. The molecule has 8 heteroatoms. The van der Waals surface area contributed by atoms with Crippen LogP contribution >= 0.6 is 0 Å². The number of aliphatic carboxylic acids is 3. The Labute approximate surface area is 142 Å². The summed E-state index contributed by atoms with van der Waals surface area (Å²) in [6, 6.07) is 0. The van der Waals surface area contributed by atoms with Gasteiger partial charge in [-0.25, -0.2) is 4.79 Å². The van der Waals surface area contributed by atoms with Crippen molar-refractivity contribution >= 4 is 17.9 Å².